The smallest absolute Gasteiger partial charge is 0.225 e. The third-order valence-electron chi connectivity index (χ3n) is 11.8. The Kier molecular flexibility index (Phi) is 9.21. The monoisotopic (exact) mass is 738 g/mol. The molecule has 2 bridgehead atoms. The molecule has 1 saturated carbocycles. The molecule has 0 amide bonds. The summed E-state index contributed by atoms with van der Waals surface area (Å²) >= 11 is 20.8. The zero-order valence-corrected chi connectivity index (χ0v) is 30.8. The zero-order valence-electron chi connectivity index (χ0n) is 28.5. The molecule has 5 fully saturated rings. The van der Waals surface area contributed by atoms with Crippen LogP contribution in [0, 0.1) is 23.1 Å². The number of benzene rings is 2. The van der Waals surface area contributed by atoms with Crippen molar-refractivity contribution in [2.75, 3.05) is 26.7 Å². The van der Waals surface area contributed by atoms with Crippen molar-refractivity contribution in [1.82, 2.24) is 24.7 Å². The topological polar surface area (TPSA) is 89.6 Å². The molecule has 50 heavy (non-hydrogen) atoms. The van der Waals surface area contributed by atoms with Crippen LogP contribution < -0.4 is 10.1 Å². The zero-order chi connectivity index (χ0) is 35.0. The quantitative estimate of drug-likeness (QED) is 0.179. The van der Waals surface area contributed by atoms with Crippen LogP contribution in [0.5, 0.6) is 5.88 Å². The summed E-state index contributed by atoms with van der Waals surface area (Å²) in [4.78, 5) is 9.43. The number of ether oxygens (including phenoxy) is 1. The summed E-state index contributed by atoms with van der Waals surface area (Å²) in [6, 6.07) is 9.77. The second-order valence-corrected chi connectivity index (χ2v) is 15.8. The van der Waals surface area contributed by atoms with Gasteiger partial charge in [-0.25, -0.2) is 9.37 Å². The Hall–Kier alpha value is -2.68. The van der Waals surface area contributed by atoms with Gasteiger partial charge in [0, 0.05) is 48.1 Å². The first-order chi connectivity index (χ1) is 24.1. The lowest BCUT2D eigenvalue weighted by atomic mass is 9.79. The maximum absolute atomic E-state index is 17.5. The lowest BCUT2D eigenvalue weighted by Crippen LogP contribution is -2.41. The highest BCUT2D eigenvalue weighted by atomic mass is 35.5. The molecule has 0 radical (unpaired) electrons. The van der Waals surface area contributed by atoms with Crippen LogP contribution in [0.15, 0.2) is 24.3 Å². The van der Waals surface area contributed by atoms with E-state index in [1.54, 1.807) is 25.1 Å². The first-order valence-electron chi connectivity index (χ1n) is 17.8. The fourth-order valence-electron chi connectivity index (χ4n) is 9.41. The van der Waals surface area contributed by atoms with Gasteiger partial charge < -0.3 is 19.7 Å². The highest BCUT2D eigenvalue weighted by molar-refractivity contribution is 6.43. The van der Waals surface area contributed by atoms with Gasteiger partial charge in [-0.3, -0.25) is 9.80 Å². The number of aliphatic hydroxyl groups excluding tert-OH is 1. The van der Waals surface area contributed by atoms with Gasteiger partial charge in [0.15, 0.2) is 5.82 Å². The first kappa shape index (κ1) is 34.4. The van der Waals surface area contributed by atoms with E-state index in [1.165, 1.54) is 0 Å². The van der Waals surface area contributed by atoms with Crippen molar-refractivity contribution in [3.8, 4) is 23.1 Å². The minimum absolute atomic E-state index is 0.0981. The number of halogens is 4. The van der Waals surface area contributed by atoms with E-state index in [-0.39, 0.29) is 52.8 Å². The molecule has 9 rings (SSSR count). The third kappa shape index (κ3) is 5.41. The molecule has 1 unspecified atom stereocenters. The van der Waals surface area contributed by atoms with Gasteiger partial charge in [-0.05, 0) is 89.6 Å². The van der Waals surface area contributed by atoms with Crippen molar-refractivity contribution in [3.63, 3.8) is 0 Å². The van der Waals surface area contributed by atoms with Gasteiger partial charge in [0.25, 0.3) is 0 Å². The van der Waals surface area contributed by atoms with E-state index >= 15 is 4.39 Å². The Balaban J connectivity index is 1.47. The van der Waals surface area contributed by atoms with Gasteiger partial charge in [-0.1, -0.05) is 46.9 Å². The molecule has 6 heterocycles. The number of nitriles is 1. The lowest BCUT2D eigenvalue weighted by molar-refractivity contribution is 0.00637. The summed E-state index contributed by atoms with van der Waals surface area (Å²) in [6.45, 7) is 6.49. The molecule has 5 aliphatic rings. The van der Waals surface area contributed by atoms with E-state index in [1.807, 2.05) is 6.07 Å². The summed E-state index contributed by atoms with van der Waals surface area (Å²) in [5, 5.41) is 26.6. The Morgan fingerprint density at radius 1 is 1.16 bits per heavy atom. The molecule has 4 aliphatic heterocycles. The average molecular weight is 740 g/mol. The molecule has 0 spiro atoms. The lowest BCUT2D eigenvalue weighted by Gasteiger charge is -2.39. The Labute approximate surface area is 307 Å². The number of aryl methyl sites for hydroxylation is 1. The fourth-order valence-corrected chi connectivity index (χ4v) is 10.2. The number of rotatable bonds is 9. The second-order valence-electron chi connectivity index (χ2n) is 14.6. The SMILES string of the molecule is CC(O)N1CCC[C@@H]1c1c(Cl)c2c(O[C@@H](C)[C@@H]3CCCN3C)nc3c(F)c(-c4cccc(Cl)c4Cl)c(CCC#N)cc3c2n1[C@H]1[C@H]2CN[C@@H]1C2. The van der Waals surface area contributed by atoms with Gasteiger partial charge in [-0.2, -0.15) is 5.26 Å². The maximum Gasteiger partial charge on any atom is 0.225 e. The number of hydrogen-bond acceptors (Lipinski definition) is 7. The van der Waals surface area contributed by atoms with Crippen LogP contribution in [0.25, 0.3) is 32.9 Å². The van der Waals surface area contributed by atoms with Crippen molar-refractivity contribution in [3.05, 3.63) is 56.4 Å². The van der Waals surface area contributed by atoms with Crippen LogP contribution >= 0.6 is 34.8 Å². The average Bonchev–Trinajstić information content (AvgIpc) is 3.92. The van der Waals surface area contributed by atoms with Crippen LogP contribution in [0.3, 0.4) is 0 Å². The number of aliphatic hydroxyl groups is 1. The van der Waals surface area contributed by atoms with E-state index in [0.29, 0.717) is 50.2 Å². The van der Waals surface area contributed by atoms with Gasteiger partial charge in [-0.15, -0.1) is 0 Å². The van der Waals surface area contributed by atoms with Gasteiger partial charge in [0.2, 0.25) is 5.88 Å². The molecule has 2 N–H and O–H groups in total. The Morgan fingerprint density at radius 2 is 1.96 bits per heavy atom. The molecule has 4 saturated heterocycles. The van der Waals surface area contributed by atoms with Gasteiger partial charge in [0.1, 0.15) is 17.8 Å². The molecule has 4 aromatic rings. The molecule has 264 valence electrons. The minimum atomic E-state index is -0.662. The van der Waals surface area contributed by atoms with Gasteiger partial charge >= 0.3 is 0 Å². The third-order valence-corrected chi connectivity index (χ3v) is 13.0. The van der Waals surface area contributed by atoms with Crippen molar-refractivity contribution in [1.29, 1.82) is 5.26 Å². The molecule has 2 aromatic carbocycles. The number of pyridine rings is 1. The molecule has 2 aromatic heterocycles. The summed E-state index contributed by atoms with van der Waals surface area (Å²) in [7, 11) is 2.11. The maximum atomic E-state index is 17.5. The number of hydrogen-bond donors (Lipinski definition) is 2. The van der Waals surface area contributed by atoms with E-state index in [2.05, 4.69) is 39.7 Å². The van der Waals surface area contributed by atoms with Crippen LogP contribution in [0.4, 0.5) is 4.39 Å². The fraction of sp³-hybridized carbons (Fsp3) is 0.526. The summed E-state index contributed by atoms with van der Waals surface area (Å²) in [6.07, 6.45) is 4.49. The first-order valence-corrected chi connectivity index (χ1v) is 19.0. The predicted octanol–water partition coefficient (Wildman–Crippen LogP) is 8.28. The minimum Gasteiger partial charge on any atom is -0.472 e. The standard InChI is InChI=1S/C38H42Cl3FN6O2/c1-19(27-11-6-14-46(27)3)50-38-30-32(41)37(28-12-7-15-47(28)20(2)49)48(35-22-17-26(35)44-18-22)36(30)24-16-21(8-5-13-43)29(33(42)34(24)45-38)23-9-4-10-25(39)31(23)40/h4,9-10,16,19-20,22,26-28,35,44,49H,5-8,11-12,14-15,17-18H2,1-3H3/t19-,20?,22+,26+,27-,28+,35-/m0/s1. The van der Waals surface area contributed by atoms with Crippen molar-refractivity contribution < 1.29 is 14.2 Å². The number of fused-ring (bicyclic) bond motifs is 4. The molecule has 1 aliphatic carbocycles. The van der Waals surface area contributed by atoms with E-state index in [4.69, 9.17) is 44.5 Å². The molecular formula is C38H42Cl3FN6O2. The molecular weight excluding hydrogens is 698 g/mol. The summed E-state index contributed by atoms with van der Waals surface area (Å²) < 4.78 is 26.7. The highest BCUT2D eigenvalue weighted by Gasteiger charge is 2.51. The van der Waals surface area contributed by atoms with E-state index in [0.717, 1.165) is 62.9 Å². The largest absolute Gasteiger partial charge is 0.472 e. The van der Waals surface area contributed by atoms with Gasteiger partial charge in [0.05, 0.1) is 49.8 Å². The summed E-state index contributed by atoms with van der Waals surface area (Å²) in [5.74, 6) is 0.153. The highest BCUT2D eigenvalue weighted by Crippen LogP contribution is 2.54. The van der Waals surface area contributed by atoms with Crippen molar-refractivity contribution in [2.45, 2.75) is 95.3 Å². The molecule has 7 atom stereocenters. The predicted molar refractivity (Wildman–Crippen MR) is 197 cm³/mol. The number of likely N-dealkylation sites (N-methyl/N-ethyl adjacent to an activating group) is 1. The summed E-state index contributed by atoms with van der Waals surface area (Å²) in [5.41, 5.74) is 3.25. The normalized spacial score (nSPS) is 26.5. The Morgan fingerprint density at radius 3 is 2.64 bits per heavy atom. The van der Waals surface area contributed by atoms with E-state index in [9.17, 15) is 10.4 Å². The Bertz CT molecular complexity index is 2020. The van der Waals surface area contributed by atoms with Crippen LogP contribution in [-0.2, 0) is 6.42 Å². The van der Waals surface area contributed by atoms with E-state index < -0.39 is 12.0 Å². The number of nitrogens with zero attached hydrogens (tertiary/aromatic N) is 5. The number of nitrogens with one attached hydrogen (secondary N) is 1. The molecule has 12 heteroatoms. The second kappa shape index (κ2) is 13.4. The van der Waals surface area contributed by atoms with Crippen molar-refractivity contribution in [2.24, 2.45) is 5.92 Å². The number of likely N-dealkylation sites (tertiary alicyclic amines) is 2. The molecule has 8 nitrogen and oxygen atoms in total. The van der Waals surface area contributed by atoms with Crippen LogP contribution in [0.2, 0.25) is 15.1 Å². The van der Waals surface area contributed by atoms with Crippen LogP contribution in [-0.4, -0.2) is 75.6 Å². The number of aromatic nitrogens is 2. The van der Waals surface area contributed by atoms with Crippen molar-refractivity contribution >= 4 is 56.6 Å². The van der Waals surface area contributed by atoms with Crippen LogP contribution in [0.1, 0.15) is 75.7 Å².